The standard InChI is InChI=1S/C12H22N2O/c1-4-6-14-9-11(8-13-14)12(15)7-10(3)5-2/h8-10,12,15H,4-7H2,1-3H3. The average Bonchev–Trinajstić information content (AvgIpc) is 2.67. The number of aliphatic hydroxyl groups excluding tert-OH is 1. The fraction of sp³-hybridized carbons (Fsp3) is 0.750. The van der Waals surface area contributed by atoms with Crippen molar-refractivity contribution >= 4 is 0 Å². The van der Waals surface area contributed by atoms with Gasteiger partial charge in [-0.15, -0.1) is 0 Å². The maximum atomic E-state index is 9.95. The topological polar surface area (TPSA) is 38.0 Å². The molecule has 3 heteroatoms. The summed E-state index contributed by atoms with van der Waals surface area (Å²) >= 11 is 0. The van der Waals surface area contributed by atoms with Gasteiger partial charge in [-0.25, -0.2) is 0 Å². The van der Waals surface area contributed by atoms with Gasteiger partial charge in [0.15, 0.2) is 0 Å². The molecule has 0 spiro atoms. The monoisotopic (exact) mass is 210 g/mol. The number of hydrogen-bond donors (Lipinski definition) is 1. The molecule has 0 amide bonds. The third-order valence-corrected chi connectivity index (χ3v) is 2.81. The zero-order valence-corrected chi connectivity index (χ0v) is 9.98. The van der Waals surface area contributed by atoms with E-state index < -0.39 is 0 Å². The molecule has 0 fully saturated rings. The van der Waals surface area contributed by atoms with Crippen LogP contribution in [-0.4, -0.2) is 14.9 Å². The highest BCUT2D eigenvalue weighted by atomic mass is 16.3. The predicted molar refractivity (Wildman–Crippen MR) is 61.5 cm³/mol. The lowest BCUT2D eigenvalue weighted by Gasteiger charge is -2.12. The highest BCUT2D eigenvalue weighted by Gasteiger charge is 2.12. The molecule has 0 bridgehead atoms. The molecule has 3 nitrogen and oxygen atoms in total. The second-order valence-corrected chi connectivity index (χ2v) is 4.30. The van der Waals surface area contributed by atoms with Crippen molar-refractivity contribution in [2.24, 2.45) is 5.92 Å². The molecule has 0 saturated heterocycles. The Morgan fingerprint density at radius 3 is 2.80 bits per heavy atom. The van der Waals surface area contributed by atoms with E-state index in [0.717, 1.165) is 31.4 Å². The van der Waals surface area contributed by atoms with Gasteiger partial charge in [0, 0.05) is 18.3 Å². The largest absolute Gasteiger partial charge is 0.388 e. The second kappa shape index (κ2) is 5.91. The fourth-order valence-electron chi connectivity index (χ4n) is 1.59. The Balaban J connectivity index is 2.53. The summed E-state index contributed by atoms with van der Waals surface area (Å²) in [6.07, 6.45) is 6.39. The van der Waals surface area contributed by atoms with Crippen LogP contribution < -0.4 is 0 Å². The number of aryl methyl sites for hydroxylation is 1. The maximum absolute atomic E-state index is 9.95. The third kappa shape index (κ3) is 3.67. The van der Waals surface area contributed by atoms with Gasteiger partial charge in [-0.05, 0) is 18.8 Å². The zero-order chi connectivity index (χ0) is 11.3. The van der Waals surface area contributed by atoms with Gasteiger partial charge < -0.3 is 5.11 Å². The summed E-state index contributed by atoms with van der Waals surface area (Å²) < 4.78 is 1.90. The van der Waals surface area contributed by atoms with Crippen LogP contribution in [0.15, 0.2) is 12.4 Å². The van der Waals surface area contributed by atoms with Crippen molar-refractivity contribution in [3.8, 4) is 0 Å². The van der Waals surface area contributed by atoms with E-state index in [0.29, 0.717) is 5.92 Å². The lowest BCUT2D eigenvalue weighted by atomic mass is 9.98. The molecule has 0 saturated carbocycles. The van der Waals surface area contributed by atoms with Gasteiger partial charge in [-0.1, -0.05) is 27.2 Å². The summed E-state index contributed by atoms with van der Waals surface area (Å²) in [5.74, 6) is 0.564. The van der Waals surface area contributed by atoms with Gasteiger partial charge in [-0.3, -0.25) is 4.68 Å². The van der Waals surface area contributed by atoms with E-state index in [9.17, 15) is 5.11 Å². The highest BCUT2D eigenvalue weighted by molar-refractivity contribution is 5.07. The van der Waals surface area contributed by atoms with Crippen molar-refractivity contribution in [1.82, 2.24) is 9.78 Å². The number of nitrogens with zero attached hydrogens (tertiary/aromatic N) is 2. The Bertz CT molecular complexity index is 283. The van der Waals surface area contributed by atoms with Crippen molar-refractivity contribution in [2.75, 3.05) is 0 Å². The van der Waals surface area contributed by atoms with Gasteiger partial charge in [-0.2, -0.15) is 5.10 Å². The molecule has 15 heavy (non-hydrogen) atoms. The summed E-state index contributed by atoms with van der Waals surface area (Å²) in [6.45, 7) is 7.37. The molecule has 0 radical (unpaired) electrons. The lowest BCUT2D eigenvalue weighted by Crippen LogP contribution is -2.03. The molecule has 1 aromatic heterocycles. The SMILES string of the molecule is CCCn1cc(C(O)CC(C)CC)cn1. The lowest BCUT2D eigenvalue weighted by molar-refractivity contribution is 0.146. The Morgan fingerprint density at radius 1 is 1.47 bits per heavy atom. The smallest absolute Gasteiger partial charge is 0.0823 e. The quantitative estimate of drug-likeness (QED) is 0.784. The summed E-state index contributed by atoms with van der Waals surface area (Å²) in [4.78, 5) is 0. The van der Waals surface area contributed by atoms with Crippen LogP contribution in [0.4, 0.5) is 0 Å². The first kappa shape index (κ1) is 12.2. The molecule has 1 heterocycles. The van der Waals surface area contributed by atoms with Crippen molar-refractivity contribution in [3.05, 3.63) is 18.0 Å². The Labute approximate surface area is 92.1 Å². The molecular weight excluding hydrogens is 188 g/mol. The summed E-state index contributed by atoms with van der Waals surface area (Å²) in [5.41, 5.74) is 0.948. The number of rotatable bonds is 6. The minimum absolute atomic E-state index is 0.356. The third-order valence-electron chi connectivity index (χ3n) is 2.81. The van der Waals surface area contributed by atoms with E-state index in [-0.39, 0.29) is 6.10 Å². The van der Waals surface area contributed by atoms with Crippen molar-refractivity contribution in [1.29, 1.82) is 0 Å². The number of aromatic nitrogens is 2. The first-order chi connectivity index (χ1) is 7.17. The van der Waals surface area contributed by atoms with E-state index in [1.807, 2.05) is 10.9 Å². The summed E-state index contributed by atoms with van der Waals surface area (Å²) in [7, 11) is 0. The Kier molecular flexibility index (Phi) is 4.82. The molecule has 0 aliphatic carbocycles. The van der Waals surface area contributed by atoms with E-state index >= 15 is 0 Å². The van der Waals surface area contributed by atoms with Crippen LogP contribution in [0.3, 0.4) is 0 Å². The molecule has 2 atom stereocenters. The van der Waals surface area contributed by atoms with Crippen molar-refractivity contribution in [2.45, 2.75) is 52.7 Å². The van der Waals surface area contributed by atoms with Gasteiger partial charge in [0.1, 0.15) is 0 Å². The van der Waals surface area contributed by atoms with E-state index in [4.69, 9.17) is 0 Å². The molecule has 2 unspecified atom stereocenters. The minimum Gasteiger partial charge on any atom is -0.388 e. The average molecular weight is 210 g/mol. The fourth-order valence-corrected chi connectivity index (χ4v) is 1.59. The molecular formula is C12H22N2O. The van der Waals surface area contributed by atoms with Crippen LogP contribution in [0.2, 0.25) is 0 Å². The molecule has 86 valence electrons. The van der Waals surface area contributed by atoms with Crippen LogP contribution in [0.25, 0.3) is 0 Å². The predicted octanol–water partition coefficient (Wildman–Crippen LogP) is 2.76. The van der Waals surface area contributed by atoms with Gasteiger partial charge in [0.05, 0.1) is 12.3 Å². The van der Waals surface area contributed by atoms with Crippen LogP contribution in [0.5, 0.6) is 0 Å². The zero-order valence-electron chi connectivity index (χ0n) is 9.98. The highest BCUT2D eigenvalue weighted by Crippen LogP contribution is 2.22. The van der Waals surface area contributed by atoms with Gasteiger partial charge >= 0.3 is 0 Å². The van der Waals surface area contributed by atoms with E-state index in [1.165, 1.54) is 0 Å². The van der Waals surface area contributed by atoms with Crippen LogP contribution >= 0.6 is 0 Å². The summed E-state index contributed by atoms with van der Waals surface area (Å²) in [6, 6.07) is 0. The van der Waals surface area contributed by atoms with Gasteiger partial charge in [0.25, 0.3) is 0 Å². The Hall–Kier alpha value is -0.830. The molecule has 1 aromatic rings. The number of aliphatic hydroxyl groups is 1. The van der Waals surface area contributed by atoms with Gasteiger partial charge in [0.2, 0.25) is 0 Å². The van der Waals surface area contributed by atoms with Crippen molar-refractivity contribution in [3.63, 3.8) is 0 Å². The normalized spacial score (nSPS) is 15.2. The second-order valence-electron chi connectivity index (χ2n) is 4.30. The van der Waals surface area contributed by atoms with Crippen LogP contribution in [-0.2, 0) is 6.54 Å². The minimum atomic E-state index is -0.356. The first-order valence-corrected chi connectivity index (χ1v) is 5.87. The van der Waals surface area contributed by atoms with Crippen LogP contribution in [0.1, 0.15) is 51.7 Å². The molecule has 1 N–H and O–H groups in total. The molecule has 0 aliphatic rings. The van der Waals surface area contributed by atoms with Crippen molar-refractivity contribution < 1.29 is 5.11 Å². The summed E-state index contributed by atoms with van der Waals surface area (Å²) in [5, 5.41) is 14.2. The first-order valence-electron chi connectivity index (χ1n) is 5.87. The molecule has 0 aromatic carbocycles. The Morgan fingerprint density at radius 2 is 2.20 bits per heavy atom. The van der Waals surface area contributed by atoms with E-state index in [1.54, 1.807) is 6.20 Å². The molecule has 0 aliphatic heterocycles. The number of hydrogen-bond acceptors (Lipinski definition) is 2. The maximum Gasteiger partial charge on any atom is 0.0823 e. The van der Waals surface area contributed by atoms with E-state index in [2.05, 4.69) is 25.9 Å². The molecule has 1 rings (SSSR count). The van der Waals surface area contributed by atoms with Crippen LogP contribution in [0, 0.1) is 5.92 Å².